The lowest BCUT2D eigenvalue weighted by Crippen LogP contribution is -2.13. The Hall–Kier alpha value is -3.67. The van der Waals surface area contributed by atoms with Gasteiger partial charge in [0.05, 0.1) is 11.8 Å². The zero-order valence-corrected chi connectivity index (χ0v) is 18.9. The van der Waals surface area contributed by atoms with Gasteiger partial charge in [-0.3, -0.25) is 4.79 Å². The maximum Gasteiger partial charge on any atom is 0.255 e. The number of fused-ring (bicyclic) bond motifs is 1. The molecule has 164 valence electrons. The third-order valence-electron chi connectivity index (χ3n) is 5.58. The van der Waals surface area contributed by atoms with E-state index in [1.54, 1.807) is 16.9 Å². The van der Waals surface area contributed by atoms with Crippen molar-refractivity contribution in [2.24, 2.45) is 0 Å². The Morgan fingerprint density at radius 2 is 1.66 bits per heavy atom. The van der Waals surface area contributed by atoms with E-state index in [4.69, 9.17) is 4.74 Å². The summed E-state index contributed by atoms with van der Waals surface area (Å²) < 4.78 is 5.79. The van der Waals surface area contributed by atoms with Crippen molar-refractivity contribution < 1.29 is 9.53 Å². The molecule has 6 nitrogen and oxygen atoms in total. The predicted octanol–water partition coefficient (Wildman–Crippen LogP) is 5.72. The summed E-state index contributed by atoms with van der Waals surface area (Å²) in [5, 5.41) is 12.2. The predicted molar refractivity (Wildman–Crippen MR) is 128 cm³/mol. The van der Waals surface area contributed by atoms with Gasteiger partial charge in [-0.15, -0.1) is 10.2 Å². The fourth-order valence-corrected chi connectivity index (χ4v) is 3.38. The number of benzene rings is 3. The second kappa shape index (κ2) is 9.22. The molecule has 0 aliphatic rings. The molecule has 6 heteroatoms. The highest BCUT2D eigenvalue weighted by atomic mass is 16.5. The van der Waals surface area contributed by atoms with Crippen molar-refractivity contribution in [3.63, 3.8) is 0 Å². The average Bonchev–Trinajstić information content (AvgIpc) is 3.22. The second-order valence-corrected chi connectivity index (χ2v) is 7.98. The number of carbonyl (C=O) groups is 1. The van der Waals surface area contributed by atoms with Crippen molar-refractivity contribution in [3.05, 3.63) is 77.4 Å². The fraction of sp³-hybridized carbons (Fsp3) is 0.269. The maximum atomic E-state index is 12.8. The molecule has 4 aromatic rings. The second-order valence-electron chi connectivity index (χ2n) is 7.98. The van der Waals surface area contributed by atoms with Crippen LogP contribution in [-0.2, 0) is 6.42 Å². The van der Waals surface area contributed by atoms with E-state index in [0.29, 0.717) is 5.56 Å². The molecule has 1 N–H and O–H groups in total. The van der Waals surface area contributed by atoms with Crippen LogP contribution in [-0.4, -0.2) is 27.0 Å². The summed E-state index contributed by atoms with van der Waals surface area (Å²) in [6.07, 6.45) is 2.06. The van der Waals surface area contributed by atoms with Gasteiger partial charge in [0.15, 0.2) is 0 Å². The van der Waals surface area contributed by atoms with E-state index in [-0.39, 0.29) is 12.0 Å². The zero-order valence-electron chi connectivity index (χ0n) is 18.9. The highest BCUT2D eigenvalue weighted by Gasteiger charge is 2.12. The molecule has 0 fully saturated rings. The van der Waals surface area contributed by atoms with Crippen molar-refractivity contribution in [2.45, 2.75) is 46.6 Å². The van der Waals surface area contributed by atoms with Crippen LogP contribution in [0.1, 0.15) is 48.7 Å². The van der Waals surface area contributed by atoms with Crippen molar-refractivity contribution in [1.82, 2.24) is 15.0 Å². The van der Waals surface area contributed by atoms with Crippen LogP contribution < -0.4 is 10.1 Å². The normalized spacial score (nSPS) is 12.0. The van der Waals surface area contributed by atoms with Crippen LogP contribution >= 0.6 is 0 Å². The summed E-state index contributed by atoms with van der Waals surface area (Å²) in [6.45, 7) is 8.18. The molecule has 1 amide bonds. The van der Waals surface area contributed by atoms with Gasteiger partial charge in [-0.05, 0) is 86.3 Å². The smallest absolute Gasteiger partial charge is 0.255 e. The van der Waals surface area contributed by atoms with Crippen molar-refractivity contribution in [3.8, 4) is 11.4 Å². The molecular weight excluding hydrogens is 400 g/mol. The van der Waals surface area contributed by atoms with E-state index in [1.807, 2.05) is 50.2 Å². The average molecular weight is 429 g/mol. The van der Waals surface area contributed by atoms with Gasteiger partial charge >= 0.3 is 0 Å². The minimum Gasteiger partial charge on any atom is -0.491 e. The van der Waals surface area contributed by atoms with Gasteiger partial charge in [-0.2, -0.15) is 4.80 Å². The van der Waals surface area contributed by atoms with E-state index in [9.17, 15) is 4.79 Å². The molecule has 0 saturated carbocycles. The monoisotopic (exact) mass is 428 g/mol. The maximum absolute atomic E-state index is 12.8. The lowest BCUT2D eigenvalue weighted by Gasteiger charge is -2.13. The zero-order chi connectivity index (χ0) is 22.7. The van der Waals surface area contributed by atoms with E-state index >= 15 is 0 Å². The van der Waals surface area contributed by atoms with Crippen LogP contribution in [0, 0.1) is 6.92 Å². The molecule has 1 heterocycles. The molecule has 0 aliphatic carbocycles. The number of nitrogens with zero attached hydrogens (tertiary/aromatic N) is 3. The SMILES string of the molecule is CCc1ccc(-n2nc3cc(C)c(NC(=O)c4ccc(O[C@H](C)CC)cc4)cc3n2)cc1. The van der Waals surface area contributed by atoms with Crippen LogP contribution in [0.5, 0.6) is 5.75 Å². The molecule has 1 aromatic heterocycles. The molecule has 4 rings (SSSR count). The van der Waals surface area contributed by atoms with Gasteiger partial charge in [0, 0.05) is 11.3 Å². The third-order valence-corrected chi connectivity index (χ3v) is 5.58. The Balaban J connectivity index is 1.53. The van der Waals surface area contributed by atoms with E-state index in [1.165, 1.54) is 5.56 Å². The summed E-state index contributed by atoms with van der Waals surface area (Å²) in [6, 6.07) is 19.2. The number of ether oxygens (including phenoxy) is 1. The standard InChI is InChI=1S/C26H28N4O2/c1-5-18(4)32-22-13-9-20(10-14-22)26(31)27-23-16-25-24(15-17(23)3)28-30(29-25)21-11-7-19(6-2)8-12-21/h7-16,18H,5-6H2,1-4H3,(H,27,31)/t18-/m1/s1. The Morgan fingerprint density at radius 1 is 1.00 bits per heavy atom. The summed E-state index contributed by atoms with van der Waals surface area (Å²) in [5.41, 5.74) is 5.90. The van der Waals surface area contributed by atoms with Gasteiger partial charge in [0.2, 0.25) is 0 Å². The van der Waals surface area contributed by atoms with Crippen LogP contribution in [0.4, 0.5) is 5.69 Å². The summed E-state index contributed by atoms with van der Waals surface area (Å²) in [5.74, 6) is 0.585. The highest BCUT2D eigenvalue weighted by Crippen LogP contribution is 2.23. The lowest BCUT2D eigenvalue weighted by molar-refractivity contribution is 0.102. The van der Waals surface area contributed by atoms with Gasteiger partial charge in [-0.1, -0.05) is 26.0 Å². The largest absolute Gasteiger partial charge is 0.491 e. The number of hydrogen-bond acceptors (Lipinski definition) is 4. The molecule has 3 aromatic carbocycles. The van der Waals surface area contributed by atoms with Crippen LogP contribution in [0.25, 0.3) is 16.7 Å². The summed E-state index contributed by atoms with van der Waals surface area (Å²) >= 11 is 0. The Kier molecular flexibility index (Phi) is 6.21. The van der Waals surface area contributed by atoms with Crippen molar-refractivity contribution >= 4 is 22.6 Å². The van der Waals surface area contributed by atoms with Crippen LogP contribution in [0.3, 0.4) is 0 Å². The number of anilines is 1. The molecular formula is C26H28N4O2. The minimum atomic E-state index is -0.176. The van der Waals surface area contributed by atoms with Crippen LogP contribution in [0.15, 0.2) is 60.7 Å². The van der Waals surface area contributed by atoms with Crippen molar-refractivity contribution in [2.75, 3.05) is 5.32 Å². The first-order valence-corrected chi connectivity index (χ1v) is 11.0. The summed E-state index contributed by atoms with van der Waals surface area (Å²) in [4.78, 5) is 14.4. The third kappa shape index (κ3) is 4.64. The number of amides is 1. The molecule has 1 atom stereocenters. The Bertz CT molecular complexity index is 1230. The molecule has 0 unspecified atom stereocenters. The lowest BCUT2D eigenvalue weighted by atomic mass is 10.1. The van der Waals surface area contributed by atoms with Gasteiger partial charge in [0.25, 0.3) is 5.91 Å². The first-order chi connectivity index (χ1) is 15.5. The molecule has 0 spiro atoms. The number of aryl methyl sites for hydroxylation is 2. The number of carbonyl (C=O) groups excluding carboxylic acids is 1. The van der Waals surface area contributed by atoms with Gasteiger partial charge in [-0.25, -0.2) is 0 Å². The minimum absolute atomic E-state index is 0.141. The first-order valence-electron chi connectivity index (χ1n) is 11.0. The molecule has 0 saturated heterocycles. The number of rotatable bonds is 7. The van der Waals surface area contributed by atoms with Gasteiger partial charge < -0.3 is 10.1 Å². The molecule has 0 radical (unpaired) electrons. The highest BCUT2D eigenvalue weighted by molar-refractivity contribution is 6.05. The van der Waals surface area contributed by atoms with Gasteiger partial charge in [0.1, 0.15) is 16.8 Å². The number of aromatic nitrogens is 3. The van der Waals surface area contributed by atoms with Crippen LogP contribution in [0.2, 0.25) is 0 Å². The first kappa shape index (κ1) is 21.6. The van der Waals surface area contributed by atoms with E-state index in [0.717, 1.165) is 46.6 Å². The van der Waals surface area contributed by atoms with Crippen molar-refractivity contribution in [1.29, 1.82) is 0 Å². The number of nitrogens with one attached hydrogen (secondary N) is 1. The summed E-state index contributed by atoms with van der Waals surface area (Å²) in [7, 11) is 0. The quantitative estimate of drug-likeness (QED) is 0.409. The molecule has 0 aliphatic heterocycles. The molecule has 32 heavy (non-hydrogen) atoms. The fourth-order valence-electron chi connectivity index (χ4n) is 3.38. The number of hydrogen-bond donors (Lipinski definition) is 1. The topological polar surface area (TPSA) is 69.0 Å². The Morgan fingerprint density at radius 3 is 2.28 bits per heavy atom. The molecule has 0 bridgehead atoms. The van der Waals surface area contributed by atoms with E-state index in [2.05, 4.69) is 41.5 Å². The Labute approximate surface area is 188 Å². The van der Waals surface area contributed by atoms with E-state index < -0.39 is 0 Å².